The molecule has 1 aliphatic carbocycles. The molecule has 2 saturated heterocycles. The Labute approximate surface area is 198 Å². The number of amides is 1. The summed E-state index contributed by atoms with van der Waals surface area (Å²) < 4.78 is 0. The highest BCUT2D eigenvalue weighted by Crippen LogP contribution is 2.37. The summed E-state index contributed by atoms with van der Waals surface area (Å²) >= 11 is 0. The molecule has 0 aromatic carbocycles. The minimum atomic E-state index is 0.235. The number of hydrogen-bond acceptors (Lipinski definition) is 4. The van der Waals surface area contributed by atoms with E-state index < -0.39 is 0 Å². The molecule has 5 rings (SSSR count). The van der Waals surface area contributed by atoms with Gasteiger partial charge in [-0.25, -0.2) is 9.97 Å². The van der Waals surface area contributed by atoms with Crippen molar-refractivity contribution in [2.75, 3.05) is 18.0 Å². The van der Waals surface area contributed by atoms with E-state index in [0.29, 0.717) is 18.0 Å². The van der Waals surface area contributed by atoms with Gasteiger partial charge in [0, 0.05) is 25.2 Å². The Bertz CT molecular complexity index is 895. The average molecular weight is 452 g/mol. The first kappa shape index (κ1) is 22.7. The number of piperazine rings is 1. The van der Waals surface area contributed by atoms with Crippen LogP contribution in [-0.2, 0) is 4.79 Å². The van der Waals surface area contributed by atoms with E-state index in [1.807, 2.05) is 6.20 Å². The number of carbonyl (C=O) groups is 1. The van der Waals surface area contributed by atoms with Gasteiger partial charge in [-0.1, -0.05) is 77.0 Å². The van der Waals surface area contributed by atoms with Crippen molar-refractivity contribution in [2.24, 2.45) is 5.92 Å². The third kappa shape index (κ3) is 5.20. The number of fused-ring (bicyclic) bond motifs is 3. The fourth-order valence-electron chi connectivity index (χ4n) is 6.46. The molecule has 2 unspecified atom stereocenters. The Morgan fingerprint density at radius 1 is 0.818 bits per heavy atom. The molecule has 2 aliphatic heterocycles. The molecule has 1 amide bonds. The Morgan fingerprint density at radius 3 is 2.06 bits per heavy atom. The number of aromatic amines is 1. The number of hydrogen-bond donors (Lipinski definition) is 1. The van der Waals surface area contributed by atoms with E-state index in [-0.39, 0.29) is 5.92 Å². The van der Waals surface area contributed by atoms with Crippen molar-refractivity contribution >= 4 is 22.8 Å². The Morgan fingerprint density at radius 2 is 1.45 bits per heavy atom. The van der Waals surface area contributed by atoms with E-state index in [1.165, 1.54) is 77.0 Å². The van der Waals surface area contributed by atoms with Crippen LogP contribution in [0.25, 0.3) is 11.0 Å². The number of nitrogens with one attached hydrogen (secondary N) is 1. The van der Waals surface area contributed by atoms with Crippen molar-refractivity contribution in [1.82, 2.24) is 19.9 Å². The van der Waals surface area contributed by atoms with Gasteiger partial charge >= 0.3 is 0 Å². The summed E-state index contributed by atoms with van der Waals surface area (Å²) in [5, 5.41) is 1.09. The largest absolute Gasteiger partial charge is 0.349 e. The van der Waals surface area contributed by atoms with Gasteiger partial charge in [0.1, 0.15) is 17.8 Å². The zero-order chi connectivity index (χ0) is 22.5. The van der Waals surface area contributed by atoms with Gasteiger partial charge in [0.2, 0.25) is 5.91 Å². The van der Waals surface area contributed by atoms with Gasteiger partial charge in [-0.3, -0.25) is 4.79 Å². The molecule has 0 radical (unpaired) electrons. The standard InChI is InChI=1S/C27H41N5O/c33-27(21-13-11-9-7-5-3-1-2-4-6-8-10-12-14-21)32-19-22-17-23(32)18-31(22)26-24-15-16-28-25(24)29-20-30-26/h15-16,20-23H,1-14,17-19H2,(H,28,29,30). The van der Waals surface area contributed by atoms with Crippen molar-refractivity contribution in [3.05, 3.63) is 18.6 Å². The van der Waals surface area contributed by atoms with Crippen LogP contribution in [0.15, 0.2) is 18.6 Å². The van der Waals surface area contributed by atoms with Gasteiger partial charge in [0.25, 0.3) is 0 Å². The molecule has 1 saturated carbocycles. The van der Waals surface area contributed by atoms with E-state index in [9.17, 15) is 4.79 Å². The molecular formula is C27H41N5O. The van der Waals surface area contributed by atoms with E-state index in [0.717, 1.165) is 49.2 Å². The third-order valence-electron chi connectivity index (χ3n) is 8.33. The molecule has 2 atom stereocenters. The normalized spacial score (nSPS) is 26.4. The predicted molar refractivity (Wildman–Crippen MR) is 133 cm³/mol. The van der Waals surface area contributed by atoms with Gasteiger partial charge in [-0.15, -0.1) is 0 Å². The van der Waals surface area contributed by atoms with Crippen LogP contribution in [0.2, 0.25) is 0 Å². The smallest absolute Gasteiger partial charge is 0.226 e. The van der Waals surface area contributed by atoms with Crippen LogP contribution < -0.4 is 4.90 Å². The number of carbonyl (C=O) groups excluding carboxylic acids is 1. The lowest BCUT2D eigenvalue weighted by Gasteiger charge is -2.37. The van der Waals surface area contributed by atoms with E-state index >= 15 is 0 Å². The number of H-pyrrole nitrogens is 1. The van der Waals surface area contributed by atoms with Crippen molar-refractivity contribution in [2.45, 2.75) is 108 Å². The second kappa shape index (κ2) is 10.9. The quantitative estimate of drug-likeness (QED) is 0.623. The monoisotopic (exact) mass is 451 g/mol. The first-order valence-corrected chi connectivity index (χ1v) is 13.7. The highest BCUT2D eigenvalue weighted by Gasteiger charge is 2.47. The van der Waals surface area contributed by atoms with E-state index in [1.54, 1.807) is 6.33 Å². The fraction of sp³-hybridized carbons (Fsp3) is 0.741. The van der Waals surface area contributed by atoms with Crippen LogP contribution in [0.1, 0.15) is 96.3 Å². The topological polar surface area (TPSA) is 65.1 Å². The predicted octanol–water partition coefficient (Wildman–Crippen LogP) is 5.84. The fourth-order valence-corrected chi connectivity index (χ4v) is 6.46. The Kier molecular flexibility index (Phi) is 7.47. The van der Waals surface area contributed by atoms with Crippen LogP contribution in [0.3, 0.4) is 0 Å². The summed E-state index contributed by atoms with van der Waals surface area (Å²) in [6, 6.07) is 2.79. The van der Waals surface area contributed by atoms with E-state index in [2.05, 4.69) is 30.8 Å². The van der Waals surface area contributed by atoms with Gasteiger partial charge < -0.3 is 14.8 Å². The lowest BCUT2D eigenvalue weighted by atomic mass is 9.92. The van der Waals surface area contributed by atoms with Gasteiger partial charge in [-0.05, 0) is 25.3 Å². The maximum atomic E-state index is 13.7. The van der Waals surface area contributed by atoms with Crippen LogP contribution in [0.5, 0.6) is 0 Å². The lowest BCUT2D eigenvalue weighted by molar-refractivity contribution is -0.137. The van der Waals surface area contributed by atoms with Crippen LogP contribution in [0.4, 0.5) is 5.82 Å². The molecule has 3 aliphatic rings. The highest BCUT2D eigenvalue weighted by atomic mass is 16.2. The molecule has 2 aromatic rings. The van der Waals surface area contributed by atoms with Crippen LogP contribution in [-0.4, -0.2) is 50.9 Å². The molecular weight excluding hydrogens is 410 g/mol. The maximum absolute atomic E-state index is 13.7. The van der Waals surface area contributed by atoms with Gasteiger partial charge in [0.15, 0.2) is 0 Å². The molecule has 2 aromatic heterocycles. The van der Waals surface area contributed by atoms with Gasteiger partial charge in [0.05, 0.1) is 17.5 Å². The molecule has 3 fully saturated rings. The summed E-state index contributed by atoms with van der Waals surface area (Å²) in [6.45, 7) is 1.76. The molecule has 0 spiro atoms. The summed E-state index contributed by atoms with van der Waals surface area (Å²) in [4.78, 5) is 30.5. The summed E-state index contributed by atoms with van der Waals surface area (Å²) in [5.74, 6) is 1.70. The zero-order valence-electron chi connectivity index (χ0n) is 20.2. The third-order valence-corrected chi connectivity index (χ3v) is 8.33. The first-order chi connectivity index (χ1) is 16.3. The number of aromatic nitrogens is 3. The van der Waals surface area contributed by atoms with Crippen LogP contribution >= 0.6 is 0 Å². The average Bonchev–Trinajstić information content (AvgIpc) is 3.57. The first-order valence-electron chi connectivity index (χ1n) is 13.7. The SMILES string of the molecule is O=C(C1CCCCCCCCCCCCCC1)N1CC2CC1CN2c1ncnc2[nH]ccc12. The molecule has 6 heteroatoms. The van der Waals surface area contributed by atoms with Crippen LogP contribution in [0, 0.1) is 5.92 Å². The van der Waals surface area contributed by atoms with Crippen molar-refractivity contribution < 1.29 is 4.79 Å². The summed E-state index contributed by atoms with van der Waals surface area (Å²) in [6.07, 6.45) is 22.9. The summed E-state index contributed by atoms with van der Waals surface area (Å²) in [5.41, 5.74) is 0.895. The molecule has 1 N–H and O–H groups in total. The highest BCUT2D eigenvalue weighted by molar-refractivity contribution is 5.88. The molecule has 2 bridgehead atoms. The van der Waals surface area contributed by atoms with Crippen molar-refractivity contribution in [1.29, 1.82) is 0 Å². The Balaban J connectivity index is 1.20. The zero-order valence-corrected chi connectivity index (χ0v) is 20.2. The second-order valence-corrected chi connectivity index (χ2v) is 10.6. The minimum absolute atomic E-state index is 0.235. The molecule has 33 heavy (non-hydrogen) atoms. The molecule has 180 valence electrons. The maximum Gasteiger partial charge on any atom is 0.226 e. The second-order valence-electron chi connectivity index (χ2n) is 10.6. The molecule has 6 nitrogen and oxygen atoms in total. The van der Waals surface area contributed by atoms with Crippen molar-refractivity contribution in [3.8, 4) is 0 Å². The number of nitrogens with zero attached hydrogens (tertiary/aromatic N) is 4. The number of likely N-dealkylation sites (tertiary alicyclic amines) is 1. The number of rotatable bonds is 2. The Hall–Kier alpha value is -2.11. The van der Waals surface area contributed by atoms with Crippen molar-refractivity contribution in [3.63, 3.8) is 0 Å². The van der Waals surface area contributed by atoms with E-state index in [4.69, 9.17) is 0 Å². The summed E-state index contributed by atoms with van der Waals surface area (Å²) in [7, 11) is 0. The number of anilines is 1. The lowest BCUT2D eigenvalue weighted by Crippen LogP contribution is -2.50. The minimum Gasteiger partial charge on any atom is -0.349 e. The molecule has 4 heterocycles. The van der Waals surface area contributed by atoms with Gasteiger partial charge in [-0.2, -0.15) is 0 Å².